The molecule has 0 amide bonds. The van der Waals surface area contributed by atoms with Crippen LogP contribution in [-0.4, -0.2) is 40.1 Å². The highest BCUT2D eigenvalue weighted by Crippen LogP contribution is 2.32. The van der Waals surface area contributed by atoms with Crippen LogP contribution in [0.2, 0.25) is 5.02 Å². The molecule has 0 saturated carbocycles. The fourth-order valence-corrected chi connectivity index (χ4v) is 3.83. The van der Waals surface area contributed by atoms with E-state index in [1.54, 1.807) is 0 Å². The van der Waals surface area contributed by atoms with Crippen molar-refractivity contribution in [2.75, 3.05) is 25.1 Å². The van der Waals surface area contributed by atoms with E-state index in [-0.39, 0.29) is 21.3 Å². The predicted octanol–water partition coefficient (Wildman–Crippen LogP) is 2.63. The second-order valence-electron chi connectivity index (χ2n) is 5.16. The number of benzene rings is 2. The van der Waals surface area contributed by atoms with E-state index in [1.165, 1.54) is 25.3 Å². The third-order valence-electron chi connectivity index (χ3n) is 3.56. The summed E-state index contributed by atoms with van der Waals surface area (Å²) in [5, 5.41) is 10.9. The van der Waals surface area contributed by atoms with Crippen LogP contribution in [0.4, 0.5) is 11.4 Å². The maximum absolute atomic E-state index is 13.0. The van der Waals surface area contributed by atoms with Gasteiger partial charge in [0.25, 0.3) is 15.7 Å². The first-order valence-corrected chi connectivity index (χ1v) is 9.20. The maximum Gasteiger partial charge on any atom is 0.326 e. The summed E-state index contributed by atoms with van der Waals surface area (Å²) in [7, 11) is -1.70. The number of non-ortho nitro benzene ring substituents is 1. The number of hydrogen-bond acceptors (Lipinski definition) is 7. The van der Waals surface area contributed by atoms with Gasteiger partial charge in [-0.15, -0.1) is 0 Å². The van der Waals surface area contributed by atoms with Gasteiger partial charge >= 0.3 is 5.97 Å². The number of carbonyl (C=O) groups excluding carboxylic acids is 1. The van der Waals surface area contributed by atoms with E-state index in [0.717, 1.165) is 35.7 Å². The molecule has 2 aromatic rings. The van der Waals surface area contributed by atoms with Crippen molar-refractivity contribution in [3.63, 3.8) is 0 Å². The molecule has 0 heterocycles. The average Bonchev–Trinajstić information content (AvgIpc) is 2.65. The van der Waals surface area contributed by atoms with Crippen LogP contribution in [0.3, 0.4) is 0 Å². The normalized spacial score (nSPS) is 10.9. The van der Waals surface area contributed by atoms with E-state index in [9.17, 15) is 23.3 Å². The van der Waals surface area contributed by atoms with Crippen molar-refractivity contribution < 1.29 is 27.6 Å². The Morgan fingerprint density at radius 1 is 1.19 bits per heavy atom. The van der Waals surface area contributed by atoms with Crippen LogP contribution in [0.25, 0.3) is 0 Å². The zero-order chi connectivity index (χ0) is 20.2. The minimum atomic E-state index is -4.23. The predicted molar refractivity (Wildman–Crippen MR) is 97.6 cm³/mol. The number of nitrogens with zero attached hydrogens (tertiary/aromatic N) is 2. The summed E-state index contributed by atoms with van der Waals surface area (Å²) in [5.41, 5.74) is -0.162. The quantitative estimate of drug-likeness (QED) is 0.388. The Hall–Kier alpha value is -2.85. The van der Waals surface area contributed by atoms with E-state index >= 15 is 0 Å². The molecule has 2 rings (SSSR count). The van der Waals surface area contributed by atoms with E-state index in [1.807, 2.05) is 0 Å². The summed E-state index contributed by atoms with van der Waals surface area (Å²) in [6, 6.07) is 8.48. The first kappa shape index (κ1) is 20.5. The minimum Gasteiger partial charge on any atom is -0.495 e. The average molecular weight is 415 g/mol. The minimum absolute atomic E-state index is 0.101. The molecule has 9 nitrogen and oxygen atoms in total. The van der Waals surface area contributed by atoms with E-state index in [0.29, 0.717) is 5.75 Å². The molecule has 0 aliphatic rings. The fourth-order valence-electron chi connectivity index (χ4n) is 2.17. The number of nitro benzene ring substituents is 1. The molecular weight excluding hydrogens is 400 g/mol. The Morgan fingerprint density at radius 2 is 1.81 bits per heavy atom. The van der Waals surface area contributed by atoms with Crippen molar-refractivity contribution in [3.05, 3.63) is 57.6 Å². The smallest absolute Gasteiger partial charge is 0.326 e. The van der Waals surface area contributed by atoms with Gasteiger partial charge in [0, 0.05) is 12.1 Å². The van der Waals surface area contributed by atoms with Crippen molar-refractivity contribution >= 4 is 39.0 Å². The third-order valence-corrected chi connectivity index (χ3v) is 5.64. The van der Waals surface area contributed by atoms with Gasteiger partial charge in [-0.3, -0.25) is 19.2 Å². The number of anilines is 1. The Labute approximate surface area is 160 Å². The second kappa shape index (κ2) is 8.23. The van der Waals surface area contributed by atoms with Crippen molar-refractivity contribution in [2.24, 2.45) is 0 Å². The van der Waals surface area contributed by atoms with Gasteiger partial charge in [-0.05, 0) is 30.3 Å². The fraction of sp³-hybridized carbons (Fsp3) is 0.188. The number of rotatable bonds is 7. The number of sulfonamides is 1. The lowest BCUT2D eigenvalue weighted by Crippen LogP contribution is -2.36. The highest BCUT2D eigenvalue weighted by atomic mass is 35.5. The van der Waals surface area contributed by atoms with Crippen LogP contribution in [0.1, 0.15) is 0 Å². The molecular formula is C16H15ClN2O7S. The summed E-state index contributed by atoms with van der Waals surface area (Å²) in [6.07, 6.45) is 0. The molecule has 2 aromatic carbocycles. The number of methoxy groups -OCH3 is 2. The van der Waals surface area contributed by atoms with Crippen molar-refractivity contribution in [1.29, 1.82) is 0 Å². The number of hydrogen-bond donors (Lipinski definition) is 0. The topological polar surface area (TPSA) is 116 Å². The van der Waals surface area contributed by atoms with Gasteiger partial charge < -0.3 is 9.47 Å². The second-order valence-corrected chi connectivity index (χ2v) is 7.43. The molecule has 0 fully saturated rings. The highest BCUT2D eigenvalue weighted by Gasteiger charge is 2.28. The van der Waals surface area contributed by atoms with Crippen LogP contribution in [0.5, 0.6) is 5.75 Å². The Kier molecular flexibility index (Phi) is 6.24. The monoisotopic (exact) mass is 414 g/mol. The maximum atomic E-state index is 13.0. The van der Waals surface area contributed by atoms with Gasteiger partial charge in [-0.1, -0.05) is 11.6 Å². The van der Waals surface area contributed by atoms with E-state index in [4.69, 9.17) is 16.3 Å². The number of esters is 1. The number of carbonyl (C=O) groups is 1. The molecule has 27 heavy (non-hydrogen) atoms. The van der Waals surface area contributed by atoms with E-state index in [2.05, 4.69) is 4.74 Å². The molecule has 0 aliphatic heterocycles. The van der Waals surface area contributed by atoms with Crippen LogP contribution in [-0.2, 0) is 19.6 Å². The van der Waals surface area contributed by atoms with Crippen molar-refractivity contribution in [3.8, 4) is 5.75 Å². The molecule has 0 aliphatic carbocycles. The van der Waals surface area contributed by atoms with Gasteiger partial charge in [0.1, 0.15) is 12.3 Å². The molecule has 0 aromatic heterocycles. The Bertz CT molecular complexity index is 961. The van der Waals surface area contributed by atoms with E-state index < -0.39 is 27.5 Å². The van der Waals surface area contributed by atoms with Gasteiger partial charge in [-0.25, -0.2) is 8.42 Å². The van der Waals surface area contributed by atoms with Gasteiger partial charge in [0.05, 0.1) is 34.7 Å². The van der Waals surface area contributed by atoms with Gasteiger partial charge in [-0.2, -0.15) is 0 Å². The lowest BCUT2D eigenvalue weighted by molar-refractivity contribution is -0.384. The zero-order valence-electron chi connectivity index (χ0n) is 14.3. The molecule has 0 atom stereocenters. The van der Waals surface area contributed by atoms with Crippen LogP contribution in [0.15, 0.2) is 47.4 Å². The molecule has 0 spiro atoms. The van der Waals surface area contributed by atoms with Crippen molar-refractivity contribution in [1.82, 2.24) is 0 Å². The SMILES string of the molecule is COC(=O)CN(c1ccc(OC)c(Cl)c1)S(=O)(=O)c1ccc([N+](=O)[O-])cc1. The van der Waals surface area contributed by atoms with Crippen molar-refractivity contribution in [2.45, 2.75) is 4.90 Å². The largest absolute Gasteiger partial charge is 0.495 e. The molecule has 0 bridgehead atoms. The van der Waals surface area contributed by atoms with Gasteiger partial charge in [0.15, 0.2) is 0 Å². The Balaban J connectivity index is 2.53. The number of nitro groups is 1. The molecule has 0 N–H and O–H groups in total. The zero-order valence-corrected chi connectivity index (χ0v) is 15.9. The highest BCUT2D eigenvalue weighted by molar-refractivity contribution is 7.92. The first-order valence-electron chi connectivity index (χ1n) is 7.38. The molecule has 0 saturated heterocycles. The molecule has 0 radical (unpaired) electrons. The summed E-state index contributed by atoms with van der Waals surface area (Å²) in [5.74, 6) is -0.474. The standard InChI is InChI=1S/C16H15ClN2O7S/c1-25-15-8-5-12(9-14(15)17)18(10-16(20)26-2)27(23,24)13-6-3-11(4-7-13)19(21)22/h3-9H,10H2,1-2H3. The summed E-state index contributed by atoms with van der Waals surface area (Å²) < 4.78 is 36.4. The third kappa shape index (κ3) is 4.47. The summed E-state index contributed by atoms with van der Waals surface area (Å²) >= 11 is 6.06. The van der Waals surface area contributed by atoms with Crippen LogP contribution < -0.4 is 9.04 Å². The first-order chi connectivity index (χ1) is 12.7. The lowest BCUT2D eigenvalue weighted by Gasteiger charge is -2.23. The Morgan fingerprint density at radius 3 is 2.30 bits per heavy atom. The molecule has 0 unspecified atom stereocenters. The number of halogens is 1. The molecule has 11 heteroatoms. The summed E-state index contributed by atoms with van der Waals surface area (Å²) in [6.45, 7) is -0.613. The molecule has 144 valence electrons. The van der Waals surface area contributed by atoms with Crippen LogP contribution in [0, 0.1) is 10.1 Å². The van der Waals surface area contributed by atoms with Crippen LogP contribution >= 0.6 is 11.6 Å². The summed E-state index contributed by atoms with van der Waals surface area (Å²) in [4.78, 5) is 21.6. The lowest BCUT2D eigenvalue weighted by atomic mass is 10.3. The van der Waals surface area contributed by atoms with Gasteiger partial charge in [0.2, 0.25) is 0 Å². The number of ether oxygens (including phenoxy) is 2.